The van der Waals surface area contributed by atoms with Crippen LogP contribution in [0.4, 0.5) is 13.2 Å². The first-order valence-electron chi connectivity index (χ1n) is 4.85. The first-order valence-corrected chi connectivity index (χ1v) is 5.98. The van der Waals surface area contributed by atoms with E-state index in [1.54, 1.807) is 6.07 Å². The number of hydrogen-bond acceptors (Lipinski definition) is 2. The van der Waals surface area contributed by atoms with Gasteiger partial charge in [0.15, 0.2) is 0 Å². The summed E-state index contributed by atoms with van der Waals surface area (Å²) in [7, 11) is 0. The van der Waals surface area contributed by atoms with Crippen LogP contribution in [0, 0.1) is 0 Å². The molecule has 0 aliphatic rings. The Kier molecular flexibility index (Phi) is 3.90. The molecule has 2 rings (SSSR count). The van der Waals surface area contributed by atoms with Crippen LogP contribution in [0.15, 0.2) is 24.3 Å². The molecule has 0 fully saturated rings. The van der Waals surface area contributed by atoms with Crippen LogP contribution >= 0.6 is 34.8 Å². The maximum absolute atomic E-state index is 12.6. The Hall–Kier alpha value is -1.04. The SMILES string of the molecule is FC(F)(F)c1nc(Cl)cc(-c2cccc(Cl)c2Cl)n1. The first-order chi connectivity index (χ1) is 8.79. The molecular formula is C11H4Cl3F3N2. The van der Waals surface area contributed by atoms with Gasteiger partial charge < -0.3 is 0 Å². The summed E-state index contributed by atoms with van der Waals surface area (Å²) < 4.78 is 37.8. The van der Waals surface area contributed by atoms with Crippen LogP contribution in [0.3, 0.4) is 0 Å². The molecule has 19 heavy (non-hydrogen) atoms. The van der Waals surface area contributed by atoms with Crippen molar-refractivity contribution in [1.82, 2.24) is 9.97 Å². The largest absolute Gasteiger partial charge is 0.451 e. The van der Waals surface area contributed by atoms with Crippen LogP contribution in [0.5, 0.6) is 0 Å². The molecule has 1 heterocycles. The molecule has 0 N–H and O–H groups in total. The van der Waals surface area contributed by atoms with E-state index in [0.717, 1.165) is 0 Å². The van der Waals surface area contributed by atoms with Crippen molar-refractivity contribution in [2.24, 2.45) is 0 Å². The summed E-state index contributed by atoms with van der Waals surface area (Å²) in [5.41, 5.74) is 0.212. The van der Waals surface area contributed by atoms with E-state index in [0.29, 0.717) is 0 Å². The summed E-state index contributed by atoms with van der Waals surface area (Å²) in [6.45, 7) is 0. The van der Waals surface area contributed by atoms with Crippen LogP contribution in [0.2, 0.25) is 15.2 Å². The number of benzene rings is 1. The molecule has 0 atom stereocenters. The lowest BCUT2D eigenvalue weighted by atomic mass is 10.1. The monoisotopic (exact) mass is 326 g/mol. The molecule has 0 saturated heterocycles. The van der Waals surface area contributed by atoms with E-state index >= 15 is 0 Å². The van der Waals surface area contributed by atoms with Crippen molar-refractivity contribution < 1.29 is 13.2 Å². The number of rotatable bonds is 1. The average Bonchev–Trinajstić information content (AvgIpc) is 2.31. The van der Waals surface area contributed by atoms with Crippen molar-refractivity contribution in [2.45, 2.75) is 6.18 Å². The minimum absolute atomic E-state index is 0.0418. The predicted octanol–water partition coefficient (Wildman–Crippen LogP) is 5.12. The first kappa shape index (κ1) is 14.4. The molecule has 0 bridgehead atoms. The fraction of sp³-hybridized carbons (Fsp3) is 0.0909. The highest BCUT2D eigenvalue weighted by Gasteiger charge is 2.35. The smallest absolute Gasteiger partial charge is 0.224 e. The second-order valence-corrected chi connectivity index (χ2v) is 4.67. The molecule has 0 radical (unpaired) electrons. The Labute approximate surface area is 121 Å². The summed E-state index contributed by atoms with van der Waals surface area (Å²) in [6, 6.07) is 5.75. The quantitative estimate of drug-likeness (QED) is 0.679. The van der Waals surface area contributed by atoms with Gasteiger partial charge in [-0.2, -0.15) is 13.2 Å². The number of nitrogens with zero attached hydrogens (tertiary/aromatic N) is 2. The summed E-state index contributed by atoms with van der Waals surface area (Å²) in [6.07, 6.45) is -4.69. The van der Waals surface area contributed by atoms with E-state index in [2.05, 4.69) is 9.97 Å². The van der Waals surface area contributed by atoms with Crippen molar-refractivity contribution in [3.8, 4) is 11.3 Å². The maximum Gasteiger partial charge on any atom is 0.451 e. The maximum atomic E-state index is 12.6. The Morgan fingerprint density at radius 2 is 1.68 bits per heavy atom. The summed E-state index contributed by atoms with van der Waals surface area (Å²) in [4.78, 5) is 6.55. The van der Waals surface area contributed by atoms with Crippen molar-refractivity contribution in [3.63, 3.8) is 0 Å². The van der Waals surface area contributed by atoms with Gasteiger partial charge in [-0.1, -0.05) is 46.9 Å². The minimum Gasteiger partial charge on any atom is -0.224 e. The highest BCUT2D eigenvalue weighted by Crippen LogP contribution is 2.35. The van der Waals surface area contributed by atoms with Crippen LogP contribution in [0.1, 0.15) is 5.82 Å². The summed E-state index contributed by atoms with van der Waals surface area (Å²) in [5.74, 6) is -1.33. The number of halogens is 6. The van der Waals surface area contributed by atoms with E-state index in [1.165, 1.54) is 18.2 Å². The normalized spacial score (nSPS) is 11.7. The number of alkyl halides is 3. The number of hydrogen-bond donors (Lipinski definition) is 0. The molecule has 1 aromatic carbocycles. The molecule has 0 aliphatic carbocycles. The third kappa shape index (κ3) is 3.11. The van der Waals surface area contributed by atoms with E-state index in [-0.39, 0.29) is 26.5 Å². The molecular weight excluding hydrogens is 323 g/mol. The van der Waals surface area contributed by atoms with Crippen molar-refractivity contribution in [3.05, 3.63) is 45.3 Å². The second-order valence-electron chi connectivity index (χ2n) is 3.50. The molecule has 2 aromatic rings. The fourth-order valence-corrected chi connectivity index (χ4v) is 1.96. The zero-order valence-corrected chi connectivity index (χ0v) is 11.2. The zero-order chi connectivity index (χ0) is 14.2. The second kappa shape index (κ2) is 5.15. The van der Waals surface area contributed by atoms with Crippen LogP contribution in [-0.2, 0) is 6.18 Å². The van der Waals surface area contributed by atoms with Gasteiger partial charge in [0, 0.05) is 11.6 Å². The molecule has 2 nitrogen and oxygen atoms in total. The Balaban J connectivity index is 2.63. The topological polar surface area (TPSA) is 25.8 Å². The number of aromatic nitrogens is 2. The van der Waals surface area contributed by atoms with Gasteiger partial charge in [0.1, 0.15) is 5.15 Å². The molecule has 0 unspecified atom stereocenters. The van der Waals surface area contributed by atoms with Crippen LogP contribution in [0.25, 0.3) is 11.3 Å². The molecule has 8 heteroatoms. The van der Waals surface area contributed by atoms with Gasteiger partial charge >= 0.3 is 6.18 Å². The summed E-state index contributed by atoms with van der Waals surface area (Å²) in [5, 5.41) is -0.0112. The Bertz CT molecular complexity index is 629. The highest BCUT2D eigenvalue weighted by molar-refractivity contribution is 6.43. The van der Waals surface area contributed by atoms with Gasteiger partial charge in [-0.25, -0.2) is 9.97 Å². The van der Waals surface area contributed by atoms with Gasteiger partial charge in [0.05, 0.1) is 15.7 Å². The van der Waals surface area contributed by atoms with Crippen LogP contribution in [-0.4, -0.2) is 9.97 Å². The van der Waals surface area contributed by atoms with Crippen molar-refractivity contribution >= 4 is 34.8 Å². The Morgan fingerprint density at radius 1 is 1.00 bits per heavy atom. The lowest BCUT2D eigenvalue weighted by Gasteiger charge is -2.09. The molecule has 1 aromatic heterocycles. The third-order valence-electron chi connectivity index (χ3n) is 2.18. The average molecular weight is 328 g/mol. The molecule has 0 saturated carbocycles. The van der Waals surface area contributed by atoms with E-state index in [1.807, 2.05) is 0 Å². The van der Waals surface area contributed by atoms with E-state index < -0.39 is 12.0 Å². The Morgan fingerprint density at radius 3 is 2.32 bits per heavy atom. The lowest BCUT2D eigenvalue weighted by Crippen LogP contribution is -2.11. The summed E-state index contributed by atoms with van der Waals surface area (Å²) >= 11 is 17.3. The molecule has 0 aliphatic heterocycles. The molecule has 0 spiro atoms. The minimum atomic E-state index is -4.69. The van der Waals surface area contributed by atoms with Gasteiger partial charge in [-0.3, -0.25) is 0 Å². The van der Waals surface area contributed by atoms with E-state index in [4.69, 9.17) is 34.8 Å². The third-order valence-corrected chi connectivity index (χ3v) is 3.19. The zero-order valence-electron chi connectivity index (χ0n) is 8.97. The van der Waals surface area contributed by atoms with Crippen molar-refractivity contribution in [1.29, 1.82) is 0 Å². The van der Waals surface area contributed by atoms with Gasteiger partial charge in [-0.05, 0) is 6.07 Å². The lowest BCUT2D eigenvalue weighted by molar-refractivity contribution is -0.144. The predicted molar refractivity (Wildman–Crippen MR) is 67.5 cm³/mol. The van der Waals surface area contributed by atoms with Crippen LogP contribution < -0.4 is 0 Å². The standard InChI is InChI=1S/C11H4Cl3F3N2/c12-6-3-1-2-5(9(6)14)7-4-8(13)19-10(18-7)11(15,16)17/h1-4H. The van der Waals surface area contributed by atoms with Gasteiger partial charge in [0.2, 0.25) is 5.82 Å². The highest BCUT2D eigenvalue weighted by atomic mass is 35.5. The fourth-order valence-electron chi connectivity index (χ4n) is 1.38. The molecule has 100 valence electrons. The molecule has 0 amide bonds. The van der Waals surface area contributed by atoms with Crippen molar-refractivity contribution in [2.75, 3.05) is 0 Å². The van der Waals surface area contributed by atoms with Gasteiger partial charge in [0.25, 0.3) is 0 Å². The van der Waals surface area contributed by atoms with E-state index in [9.17, 15) is 13.2 Å². The van der Waals surface area contributed by atoms with Gasteiger partial charge in [-0.15, -0.1) is 0 Å².